The quantitative estimate of drug-likeness (QED) is 0.325. The van der Waals surface area contributed by atoms with Gasteiger partial charge in [0.05, 0.1) is 6.07 Å². The molecule has 1 fully saturated rings. The normalized spacial score (nSPS) is 25.4. The van der Waals surface area contributed by atoms with Crippen LogP contribution in [0.1, 0.15) is 12.8 Å². The molecule has 5 nitrogen and oxygen atoms in total. The molecule has 1 unspecified atom stereocenters. The number of rotatable bonds is 5. The second-order valence-corrected chi connectivity index (χ2v) is 4.34. The van der Waals surface area contributed by atoms with E-state index in [1.165, 1.54) is 0 Å². The van der Waals surface area contributed by atoms with E-state index in [1.807, 2.05) is 0 Å². The van der Waals surface area contributed by atoms with Gasteiger partial charge >= 0.3 is 0 Å². The average molecular weight is 211 g/mol. The summed E-state index contributed by atoms with van der Waals surface area (Å²) in [5, 5.41) is 15.7. The van der Waals surface area contributed by atoms with Crippen molar-refractivity contribution in [3.8, 4) is 6.07 Å². The van der Waals surface area contributed by atoms with Gasteiger partial charge in [-0.2, -0.15) is 17.0 Å². The third-order valence-corrected chi connectivity index (χ3v) is 3.39. The minimum absolute atomic E-state index is 0.332. The van der Waals surface area contributed by atoms with E-state index in [9.17, 15) is 0 Å². The van der Waals surface area contributed by atoms with E-state index in [-0.39, 0.29) is 5.54 Å². The largest absolute Gasteiger partial charge is 0.299 e. The van der Waals surface area contributed by atoms with Gasteiger partial charge in [0.2, 0.25) is 0 Å². The van der Waals surface area contributed by atoms with E-state index >= 15 is 0 Å². The monoisotopic (exact) mass is 211 g/mol. The van der Waals surface area contributed by atoms with Crippen LogP contribution in [0, 0.1) is 11.3 Å². The second kappa shape index (κ2) is 5.76. The molecule has 0 aromatic rings. The summed E-state index contributed by atoms with van der Waals surface area (Å²) in [6, 6.07) is 2.33. The number of azide groups is 1. The Bertz CT molecular complexity index is 259. The Morgan fingerprint density at radius 3 is 3.14 bits per heavy atom. The van der Waals surface area contributed by atoms with Gasteiger partial charge in [0.15, 0.2) is 0 Å². The minimum atomic E-state index is -0.332. The van der Waals surface area contributed by atoms with Crippen molar-refractivity contribution in [3.63, 3.8) is 0 Å². The Hall–Kier alpha value is -0.890. The van der Waals surface area contributed by atoms with Crippen molar-refractivity contribution in [2.24, 2.45) is 5.11 Å². The Morgan fingerprint density at radius 2 is 2.57 bits per heavy atom. The van der Waals surface area contributed by atoms with E-state index in [0.717, 1.165) is 30.9 Å². The van der Waals surface area contributed by atoms with Crippen LogP contribution in [0.25, 0.3) is 10.4 Å². The van der Waals surface area contributed by atoms with Crippen molar-refractivity contribution < 1.29 is 0 Å². The molecule has 14 heavy (non-hydrogen) atoms. The van der Waals surface area contributed by atoms with E-state index in [2.05, 4.69) is 21.4 Å². The molecule has 0 bridgehead atoms. The van der Waals surface area contributed by atoms with Crippen molar-refractivity contribution in [2.75, 3.05) is 24.6 Å². The van der Waals surface area contributed by atoms with Crippen LogP contribution in [0.2, 0.25) is 0 Å². The Balaban J connectivity index is 2.22. The fourth-order valence-electron chi connectivity index (χ4n) is 1.35. The van der Waals surface area contributed by atoms with Crippen LogP contribution >= 0.6 is 11.8 Å². The molecular formula is C8H13N5S. The van der Waals surface area contributed by atoms with Crippen molar-refractivity contribution in [3.05, 3.63) is 10.4 Å². The number of nitrogens with one attached hydrogen (secondary N) is 1. The fourth-order valence-corrected chi connectivity index (χ4v) is 2.65. The summed E-state index contributed by atoms with van der Waals surface area (Å²) in [6.45, 7) is 1.24. The molecule has 0 saturated carbocycles. The van der Waals surface area contributed by atoms with Crippen LogP contribution in [0.5, 0.6) is 0 Å². The van der Waals surface area contributed by atoms with Gasteiger partial charge in [0.1, 0.15) is 5.54 Å². The number of thioether (sulfide) groups is 1. The molecule has 0 radical (unpaired) electrons. The smallest absolute Gasteiger partial charge is 0.116 e. The second-order valence-electron chi connectivity index (χ2n) is 3.23. The maximum absolute atomic E-state index is 9.01. The maximum atomic E-state index is 9.01. The Morgan fingerprint density at radius 1 is 1.71 bits per heavy atom. The van der Waals surface area contributed by atoms with E-state index in [4.69, 9.17) is 10.8 Å². The zero-order valence-electron chi connectivity index (χ0n) is 7.94. The van der Waals surface area contributed by atoms with Crippen molar-refractivity contribution >= 4 is 11.8 Å². The van der Waals surface area contributed by atoms with E-state index in [0.29, 0.717) is 6.54 Å². The van der Waals surface area contributed by atoms with Crippen LogP contribution in [0.4, 0.5) is 0 Å². The SMILES string of the molecule is N#CC1(NCCCN=[N+]=[N-])CCSC1. The molecule has 0 aromatic heterocycles. The van der Waals surface area contributed by atoms with Crippen LogP contribution in [0.15, 0.2) is 5.11 Å². The summed E-state index contributed by atoms with van der Waals surface area (Å²) in [6.07, 6.45) is 1.70. The van der Waals surface area contributed by atoms with E-state index in [1.54, 1.807) is 11.8 Å². The summed E-state index contributed by atoms with van der Waals surface area (Å²) < 4.78 is 0. The molecule has 6 heteroatoms. The maximum Gasteiger partial charge on any atom is 0.116 e. The number of nitrogens with zero attached hydrogens (tertiary/aromatic N) is 4. The van der Waals surface area contributed by atoms with Crippen LogP contribution in [0.3, 0.4) is 0 Å². The number of hydrogen-bond acceptors (Lipinski definition) is 4. The highest BCUT2D eigenvalue weighted by Gasteiger charge is 2.33. The fraction of sp³-hybridized carbons (Fsp3) is 0.875. The van der Waals surface area contributed by atoms with Crippen molar-refractivity contribution in [2.45, 2.75) is 18.4 Å². The van der Waals surface area contributed by atoms with Crippen LogP contribution in [-0.4, -0.2) is 30.1 Å². The van der Waals surface area contributed by atoms with Gasteiger partial charge in [0, 0.05) is 17.2 Å². The number of nitriles is 1. The van der Waals surface area contributed by atoms with Crippen LogP contribution < -0.4 is 5.32 Å². The van der Waals surface area contributed by atoms with Crippen LogP contribution in [-0.2, 0) is 0 Å². The lowest BCUT2D eigenvalue weighted by molar-refractivity contribution is 0.454. The summed E-state index contributed by atoms with van der Waals surface area (Å²) in [7, 11) is 0. The van der Waals surface area contributed by atoms with Gasteiger partial charge in [-0.3, -0.25) is 5.32 Å². The van der Waals surface area contributed by atoms with Gasteiger partial charge < -0.3 is 0 Å². The standard InChI is InChI=1S/C8H13N5S/c9-6-8(2-5-14-7-8)11-3-1-4-12-13-10/h11H,1-5,7H2. The van der Waals surface area contributed by atoms with Gasteiger partial charge in [-0.25, -0.2) is 0 Å². The third-order valence-electron chi connectivity index (χ3n) is 2.20. The first-order chi connectivity index (χ1) is 6.83. The van der Waals surface area contributed by atoms with Gasteiger partial charge in [-0.15, -0.1) is 0 Å². The molecular weight excluding hydrogens is 198 g/mol. The molecule has 1 aliphatic heterocycles. The molecule has 1 saturated heterocycles. The van der Waals surface area contributed by atoms with Crippen molar-refractivity contribution in [1.82, 2.24) is 5.32 Å². The average Bonchev–Trinajstić information content (AvgIpc) is 2.67. The highest BCUT2D eigenvalue weighted by molar-refractivity contribution is 7.99. The molecule has 1 heterocycles. The summed E-state index contributed by atoms with van der Waals surface area (Å²) in [5.74, 6) is 1.92. The zero-order chi connectivity index (χ0) is 10.3. The Kier molecular flexibility index (Phi) is 4.60. The first kappa shape index (κ1) is 11.2. The predicted octanol–water partition coefficient (Wildman–Crippen LogP) is 1.68. The molecule has 0 amide bonds. The summed E-state index contributed by atoms with van der Waals surface area (Å²) in [5.41, 5.74) is 7.72. The van der Waals surface area contributed by atoms with Gasteiger partial charge in [-0.05, 0) is 30.7 Å². The molecule has 1 aliphatic rings. The highest BCUT2D eigenvalue weighted by atomic mass is 32.2. The zero-order valence-corrected chi connectivity index (χ0v) is 8.76. The lowest BCUT2D eigenvalue weighted by Crippen LogP contribution is -2.44. The van der Waals surface area contributed by atoms with Gasteiger partial charge in [-0.1, -0.05) is 5.11 Å². The van der Waals surface area contributed by atoms with Crippen molar-refractivity contribution in [1.29, 1.82) is 5.26 Å². The molecule has 1 rings (SSSR count). The summed E-state index contributed by atoms with van der Waals surface area (Å²) in [4.78, 5) is 2.67. The molecule has 0 aliphatic carbocycles. The van der Waals surface area contributed by atoms with Gasteiger partial charge in [0.25, 0.3) is 0 Å². The summed E-state index contributed by atoms with van der Waals surface area (Å²) >= 11 is 1.81. The highest BCUT2D eigenvalue weighted by Crippen LogP contribution is 2.26. The third kappa shape index (κ3) is 3.11. The first-order valence-electron chi connectivity index (χ1n) is 4.58. The topological polar surface area (TPSA) is 84.6 Å². The Labute approximate surface area is 87.5 Å². The lowest BCUT2D eigenvalue weighted by Gasteiger charge is -2.20. The molecule has 0 spiro atoms. The van der Waals surface area contributed by atoms with E-state index < -0.39 is 0 Å². The first-order valence-corrected chi connectivity index (χ1v) is 5.73. The predicted molar refractivity (Wildman–Crippen MR) is 56.9 cm³/mol. The molecule has 0 aromatic carbocycles. The molecule has 1 atom stereocenters. The molecule has 76 valence electrons. The lowest BCUT2D eigenvalue weighted by atomic mass is 10.0. The number of hydrogen-bond donors (Lipinski definition) is 1. The minimum Gasteiger partial charge on any atom is -0.299 e. The molecule has 1 N–H and O–H groups in total.